The van der Waals surface area contributed by atoms with E-state index in [0.29, 0.717) is 6.42 Å². The van der Waals surface area contributed by atoms with Crippen LogP contribution in [0.25, 0.3) is 0 Å². The molecule has 0 saturated heterocycles. The highest BCUT2D eigenvalue weighted by Gasteiger charge is 2.25. The molecule has 122 valence electrons. The van der Waals surface area contributed by atoms with Crippen LogP contribution < -0.4 is 5.32 Å². The minimum atomic E-state index is -0.766. The molecule has 1 aromatic rings. The third kappa shape index (κ3) is 6.61. The van der Waals surface area contributed by atoms with Crippen molar-refractivity contribution in [3.05, 3.63) is 35.4 Å². The van der Waals surface area contributed by atoms with Gasteiger partial charge in [0, 0.05) is 6.42 Å². The number of benzene rings is 1. The minimum Gasteiger partial charge on any atom is -0.464 e. The summed E-state index contributed by atoms with van der Waals surface area (Å²) in [7, 11) is 0. The lowest BCUT2D eigenvalue weighted by molar-refractivity contribution is -0.145. The molecule has 0 aliphatic carbocycles. The average molecular weight is 307 g/mol. The first-order valence-corrected chi connectivity index (χ1v) is 7.43. The largest absolute Gasteiger partial charge is 0.464 e. The molecule has 1 aromatic carbocycles. The molecule has 0 aromatic heterocycles. The zero-order valence-corrected chi connectivity index (χ0v) is 13.9. The zero-order valence-electron chi connectivity index (χ0n) is 13.9. The Morgan fingerprint density at radius 3 is 2.27 bits per heavy atom. The van der Waals surface area contributed by atoms with E-state index in [1.165, 1.54) is 0 Å². The number of rotatable bonds is 5. The van der Waals surface area contributed by atoms with E-state index >= 15 is 0 Å². The lowest BCUT2D eigenvalue weighted by Crippen LogP contribution is -2.45. The van der Waals surface area contributed by atoms with Gasteiger partial charge in [0.2, 0.25) is 0 Å². The fraction of sp³-hybridized carbons (Fsp3) is 0.529. The van der Waals surface area contributed by atoms with Crippen LogP contribution in [-0.4, -0.2) is 30.3 Å². The highest BCUT2D eigenvalue weighted by molar-refractivity contribution is 5.81. The Morgan fingerprint density at radius 1 is 1.18 bits per heavy atom. The number of nitrogens with one attached hydrogen (secondary N) is 1. The number of carbonyl (C=O) groups excluding carboxylic acids is 2. The number of alkyl carbamates (subject to hydrolysis) is 1. The van der Waals surface area contributed by atoms with Gasteiger partial charge in [-0.25, -0.2) is 9.59 Å². The average Bonchev–Trinajstić information content (AvgIpc) is 2.38. The van der Waals surface area contributed by atoms with Crippen molar-refractivity contribution in [2.45, 2.75) is 52.7 Å². The van der Waals surface area contributed by atoms with E-state index in [9.17, 15) is 9.59 Å². The molecule has 0 aliphatic rings. The molecule has 5 heteroatoms. The summed E-state index contributed by atoms with van der Waals surface area (Å²) in [6, 6.07) is 7.02. The number of ether oxygens (including phenoxy) is 2. The Bertz CT molecular complexity index is 502. The monoisotopic (exact) mass is 307 g/mol. The van der Waals surface area contributed by atoms with Crippen molar-refractivity contribution in [2.24, 2.45) is 0 Å². The molecule has 1 rings (SSSR count). The second-order valence-electron chi connectivity index (χ2n) is 6.14. The molecule has 22 heavy (non-hydrogen) atoms. The van der Waals surface area contributed by atoms with E-state index < -0.39 is 23.7 Å². The molecule has 0 unspecified atom stereocenters. The number of esters is 1. The van der Waals surface area contributed by atoms with Gasteiger partial charge in [-0.05, 0) is 40.2 Å². The maximum Gasteiger partial charge on any atom is 0.408 e. The molecule has 0 saturated carbocycles. The normalized spacial score (nSPS) is 12.4. The summed E-state index contributed by atoms with van der Waals surface area (Å²) in [5.74, 6) is -0.464. The van der Waals surface area contributed by atoms with Crippen molar-refractivity contribution < 1.29 is 19.1 Å². The summed E-state index contributed by atoms with van der Waals surface area (Å²) < 4.78 is 10.2. The van der Waals surface area contributed by atoms with E-state index in [1.807, 2.05) is 31.2 Å². The molecule has 1 atom stereocenters. The Labute approximate surface area is 132 Å². The summed E-state index contributed by atoms with van der Waals surface area (Å²) in [5.41, 5.74) is 1.46. The number of hydrogen-bond donors (Lipinski definition) is 1. The van der Waals surface area contributed by atoms with Gasteiger partial charge in [0.05, 0.1) is 6.61 Å². The first kappa shape index (κ1) is 18.0. The van der Waals surface area contributed by atoms with Gasteiger partial charge in [0.15, 0.2) is 0 Å². The Kier molecular flexibility index (Phi) is 6.40. The van der Waals surface area contributed by atoms with Crippen molar-refractivity contribution in [2.75, 3.05) is 6.61 Å². The van der Waals surface area contributed by atoms with Crippen molar-refractivity contribution in [3.8, 4) is 0 Å². The van der Waals surface area contributed by atoms with Crippen molar-refractivity contribution in [1.82, 2.24) is 5.32 Å². The number of aryl methyl sites for hydroxylation is 1. The predicted octanol–water partition coefficient (Wildman–Crippen LogP) is 2.99. The van der Waals surface area contributed by atoms with Crippen molar-refractivity contribution in [3.63, 3.8) is 0 Å². The fourth-order valence-electron chi connectivity index (χ4n) is 1.85. The smallest absolute Gasteiger partial charge is 0.408 e. The van der Waals surface area contributed by atoms with E-state index in [2.05, 4.69) is 5.32 Å². The molecule has 0 bridgehead atoms. The molecule has 1 amide bonds. The van der Waals surface area contributed by atoms with Gasteiger partial charge in [-0.2, -0.15) is 0 Å². The van der Waals surface area contributed by atoms with Crippen molar-refractivity contribution in [1.29, 1.82) is 0 Å². The fourth-order valence-corrected chi connectivity index (χ4v) is 1.85. The van der Waals surface area contributed by atoms with Gasteiger partial charge in [0.25, 0.3) is 0 Å². The van der Waals surface area contributed by atoms with E-state index in [-0.39, 0.29) is 6.61 Å². The lowest BCUT2D eigenvalue weighted by atomic mass is 10.0. The number of carbonyl (C=O) groups is 2. The molecular formula is C17H25NO4. The maximum absolute atomic E-state index is 12.0. The van der Waals surface area contributed by atoms with Crippen LogP contribution >= 0.6 is 0 Å². The SMILES string of the molecule is CCOC(=O)[C@H](Cc1ccc(C)cc1)NC(=O)OC(C)(C)C. The van der Waals surface area contributed by atoms with Crippen molar-refractivity contribution >= 4 is 12.1 Å². The van der Waals surface area contributed by atoms with Gasteiger partial charge in [-0.15, -0.1) is 0 Å². The molecular weight excluding hydrogens is 282 g/mol. The van der Waals surface area contributed by atoms with Gasteiger partial charge >= 0.3 is 12.1 Å². The van der Waals surface area contributed by atoms with Gasteiger partial charge in [-0.3, -0.25) is 0 Å². The summed E-state index contributed by atoms with van der Waals surface area (Å²) >= 11 is 0. The predicted molar refractivity (Wildman–Crippen MR) is 84.7 cm³/mol. The van der Waals surface area contributed by atoms with E-state index in [1.54, 1.807) is 27.7 Å². The molecule has 0 aliphatic heterocycles. The van der Waals surface area contributed by atoms with E-state index in [4.69, 9.17) is 9.47 Å². The van der Waals surface area contributed by atoms with Crippen LogP contribution in [0.4, 0.5) is 4.79 Å². The van der Waals surface area contributed by atoms with Crippen LogP contribution in [0.2, 0.25) is 0 Å². The van der Waals surface area contributed by atoms with Gasteiger partial charge in [0.1, 0.15) is 11.6 Å². The van der Waals surface area contributed by atoms with Crippen LogP contribution in [0.3, 0.4) is 0 Å². The third-order valence-corrected chi connectivity index (χ3v) is 2.82. The zero-order chi connectivity index (χ0) is 16.8. The standard InChI is InChI=1S/C17H25NO4/c1-6-21-15(19)14(18-16(20)22-17(3,4)5)11-13-9-7-12(2)8-10-13/h7-10,14H,6,11H2,1-5H3,(H,18,20)/t14-/m0/s1. The maximum atomic E-state index is 12.0. The number of amides is 1. The molecule has 1 N–H and O–H groups in total. The van der Waals surface area contributed by atoms with Crippen LogP contribution in [0.15, 0.2) is 24.3 Å². The summed E-state index contributed by atoms with van der Waals surface area (Å²) in [6.45, 7) is 9.29. The van der Waals surface area contributed by atoms with Gasteiger partial charge < -0.3 is 14.8 Å². The van der Waals surface area contributed by atoms with Crippen LogP contribution in [0.1, 0.15) is 38.8 Å². The summed E-state index contributed by atoms with van der Waals surface area (Å²) in [5, 5.41) is 2.59. The molecule has 0 spiro atoms. The Morgan fingerprint density at radius 2 is 1.77 bits per heavy atom. The van der Waals surface area contributed by atoms with Crippen LogP contribution in [-0.2, 0) is 20.7 Å². The first-order valence-electron chi connectivity index (χ1n) is 7.43. The number of hydrogen-bond acceptors (Lipinski definition) is 4. The Balaban J connectivity index is 2.77. The van der Waals surface area contributed by atoms with Crippen LogP contribution in [0.5, 0.6) is 0 Å². The first-order chi connectivity index (χ1) is 10.2. The topological polar surface area (TPSA) is 64.6 Å². The molecule has 0 fully saturated rings. The highest BCUT2D eigenvalue weighted by atomic mass is 16.6. The van der Waals surface area contributed by atoms with Gasteiger partial charge in [-0.1, -0.05) is 29.8 Å². The molecule has 5 nitrogen and oxygen atoms in total. The summed E-state index contributed by atoms with van der Waals surface area (Å²) in [4.78, 5) is 23.9. The minimum absolute atomic E-state index is 0.263. The summed E-state index contributed by atoms with van der Waals surface area (Å²) in [6.07, 6.45) is -0.268. The Hall–Kier alpha value is -2.04. The second-order valence-corrected chi connectivity index (χ2v) is 6.14. The quantitative estimate of drug-likeness (QED) is 0.849. The highest BCUT2D eigenvalue weighted by Crippen LogP contribution is 2.10. The molecule has 0 radical (unpaired) electrons. The van der Waals surface area contributed by atoms with E-state index in [0.717, 1.165) is 11.1 Å². The lowest BCUT2D eigenvalue weighted by Gasteiger charge is -2.23. The van der Waals surface area contributed by atoms with Crippen LogP contribution in [0, 0.1) is 6.92 Å². The third-order valence-electron chi connectivity index (χ3n) is 2.82. The second kappa shape index (κ2) is 7.82. The molecule has 0 heterocycles.